The largest absolute Gasteiger partial charge is 0.594 e. The van der Waals surface area contributed by atoms with Gasteiger partial charge in [-0.15, -0.1) is 0 Å². The van der Waals surface area contributed by atoms with E-state index in [-0.39, 0.29) is 0 Å². The third kappa shape index (κ3) is 1.45. The van der Waals surface area contributed by atoms with Gasteiger partial charge in [0.25, 0.3) is 9.35 Å². The molecule has 0 fully saturated rings. The lowest BCUT2D eigenvalue weighted by atomic mass is 10.1. The zero-order valence-electron chi connectivity index (χ0n) is 7.90. The predicted molar refractivity (Wildman–Crippen MR) is 63.2 cm³/mol. The Balaban J connectivity index is 2.38. The summed E-state index contributed by atoms with van der Waals surface area (Å²) < 4.78 is 0.494. The smallest absolute Gasteiger partial charge is 0.270 e. The van der Waals surface area contributed by atoms with E-state index in [9.17, 15) is 5.21 Å². The number of nitrogens with zero attached hydrogens (tertiary/aromatic N) is 3. The molecule has 1 aromatic heterocycles. The minimum atomic E-state index is 0.494. The highest BCUT2D eigenvalue weighted by Crippen LogP contribution is 2.24. The number of aryl methyl sites for hydroxylation is 2. The van der Waals surface area contributed by atoms with Crippen LogP contribution in [0.5, 0.6) is 0 Å². The van der Waals surface area contributed by atoms with Crippen LogP contribution < -0.4 is 4.85 Å². The van der Waals surface area contributed by atoms with Crippen LogP contribution in [0.4, 0.5) is 0 Å². The van der Waals surface area contributed by atoms with E-state index < -0.39 is 0 Å². The van der Waals surface area contributed by atoms with Crippen LogP contribution in [0.25, 0.3) is 11.0 Å². The molecule has 0 amide bonds. The summed E-state index contributed by atoms with van der Waals surface area (Å²) in [6, 6.07) is 3.96. The van der Waals surface area contributed by atoms with Crippen LogP contribution >= 0.6 is 22.6 Å². The Hall–Kier alpha value is -0.980. The highest BCUT2D eigenvalue weighted by molar-refractivity contribution is 14.1. The van der Waals surface area contributed by atoms with E-state index in [1.807, 2.05) is 34.7 Å². The van der Waals surface area contributed by atoms with Crippen LogP contribution in [0.15, 0.2) is 12.1 Å². The molecule has 0 aliphatic heterocycles. The molecule has 5 heteroatoms. The molecule has 1 aromatic carbocycles. The first-order valence-electron chi connectivity index (χ1n) is 4.83. The second kappa shape index (κ2) is 3.26. The van der Waals surface area contributed by atoms with Gasteiger partial charge in [-0.3, -0.25) is 0 Å². The third-order valence-electron chi connectivity index (χ3n) is 2.78. The van der Waals surface area contributed by atoms with Gasteiger partial charge in [-0.05, 0) is 41.3 Å². The van der Waals surface area contributed by atoms with Gasteiger partial charge in [-0.2, -0.15) is 0 Å². The Morgan fingerprint density at radius 3 is 2.80 bits per heavy atom. The molecule has 0 atom stereocenters. The van der Waals surface area contributed by atoms with Crippen molar-refractivity contribution in [3.8, 4) is 0 Å². The van der Waals surface area contributed by atoms with E-state index in [0.717, 1.165) is 18.4 Å². The van der Waals surface area contributed by atoms with Crippen LogP contribution in [-0.2, 0) is 12.8 Å². The Kier molecular flexibility index (Phi) is 2.01. The second-order valence-electron chi connectivity index (χ2n) is 3.72. The molecule has 0 N–H and O–H groups in total. The predicted octanol–water partition coefficient (Wildman–Crippen LogP) is 1.36. The Morgan fingerprint density at radius 2 is 2.00 bits per heavy atom. The first-order chi connectivity index (χ1) is 7.24. The third-order valence-corrected chi connectivity index (χ3v) is 3.24. The van der Waals surface area contributed by atoms with Gasteiger partial charge in [0.1, 0.15) is 5.52 Å². The number of rotatable bonds is 0. The molecule has 0 saturated carbocycles. The molecule has 0 bridgehead atoms. The summed E-state index contributed by atoms with van der Waals surface area (Å²) in [7, 11) is 0. The molecule has 3 rings (SSSR count). The van der Waals surface area contributed by atoms with E-state index in [1.165, 1.54) is 17.5 Å². The maximum atomic E-state index is 11.6. The molecule has 1 aliphatic rings. The molecule has 0 saturated heterocycles. The second-order valence-corrected chi connectivity index (χ2v) is 4.68. The summed E-state index contributed by atoms with van der Waals surface area (Å²) in [5.74, 6) is 0. The molecule has 15 heavy (non-hydrogen) atoms. The van der Waals surface area contributed by atoms with Gasteiger partial charge in [0, 0.05) is 33.8 Å². The number of fused-ring (bicyclic) bond motifs is 2. The quantitative estimate of drug-likeness (QED) is 0.419. The van der Waals surface area contributed by atoms with Crippen LogP contribution in [0, 0.1) is 9.04 Å². The van der Waals surface area contributed by atoms with E-state index in [1.54, 1.807) is 0 Å². The Morgan fingerprint density at radius 1 is 1.27 bits per heavy atom. The summed E-state index contributed by atoms with van der Waals surface area (Å²) in [4.78, 5) is 4.94. The minimum absolute atomic E-state index is 0.494. The van der Waals surface area contributed by atoms with Gasteiger partial charge in [0.15, 0.2) is 0 Å². The van der Waals surface area contributed by atoms with Crippen LogP contribution in [-0.4, -0.2) is 10.1 Å². The van der Waals surface area contributed by atoms with E-state index in [2.05, 4.69) is 10.1 Å². The molecule has 0 unspecified atom stereocenters. The molecular formula is C10H8IN3O. The monoisotopic (exact) mass is 313 g/mol. The Labute approximate surface area is 100 Å². The zero-order valence-corrected chi connectivity index (χ0v) is 10.1. The van der Waals surface area contributed by atoms with Gasteiger partial charge in [-0.25, -0.2) is 4.98 Å². The van der Waals surface area contributed by atoms with Crippen molar-refractivity contribution in [2.24, 2.45) is 0 Å². The van der Waals surface area contributed by atoms with Gasteiger partial charge in [0.05, 0.1) is 0 Å². The van der Waals surface area contributed by atoms with E-state index >= 15 is 0 Å². The Bertz CT molecular complexity index is 556. The van der Waals surface area contributed by atoms with Crippen molar-refractivity contribution in [1.82, 2.24) is 10.1 Å². The topological polar surface area (TPSA) is 52.7 Å². The fourth-order valence-corrected chi connectivity index (χ4v) is 2.55. The minimum Gasteiger partial charge on any atom is -0.594 e. The average molecular weight is 313 g/mol. The lowest BCUT2D eigenvalue weighted by molar-refractivity contribution is -0.644. The van der Waals surface area contributed by atoms with Crippen molar-refractivity contribution in [2.75, 3.05) is 0 Å². The van der Waals surface area contributed by atoms with Gasteiger partial charge < -0.3 is 5.21 Å². The first kappa shape index (κ1) is 9.26. The lowest BCUT2D eigenvalue weighted by Gasteiger charge is -2.02. The van der Waals surface area contributed by atoms with Crippen LogP contribution in [0.3, 0.4) is 0 Å². The maximum absolute atomic E-state index is 11.6. The van der Waals surface area contributed by atoms with Gasteiger partial charge in [-0.1, -0.05) is 0 Å². The fourth-order valence-electron chi connectivity index (χ4n) is 2.09. The molecular weight excluding hydrogens is 305 g/mol. The normalized spacial score (nSPS) is 14.5. The van der Waals surface area contributed by atoms with Gasteiger partial charge in [0.2, 0.25) is 0 Å². The van der Waals surface area contributed by atoms with E-state index in [0.29, 0.717) is 14.2 Å². The number of hydrogen-bond acceptors (Lipinski definition) is 3. The lowest BCUT2D eigenvalue weighted by Crippen LogP contribution is -2.33. The van der Waals surface area contributed by atoms with Gasteiger partial charge >= 0.3 is 0 Å². The number of benzene rings is 1. The molecule has 0 radical (unpaired) electrons. The van der Waals surface area contributed by atoms with Crippen LogP contribution in [0.1, 0.15) is 17.5 Å². The molecule has 0 spiro atoms. The maximum Gasteiger partial charge on any atom is 0.270 e. The zero-order chi connectivity index (χ0) is 10.4. The molecule has 76 valence electrons. The van der Waals surface area contributed by atoms with Crippen molar-refractivity contribution >= 4 is 33.6 Å². The fraction of sp³-hybridized carbons (Fsp3) is 0.300. The van der Waals surface area contributed by atoms with Crippen molar-refractivity contribution in [2.45, 2.75) is 19.3 Å². The van der Waals surface area contributed by atoms with E-state index in [4.69, 9.17) is 0 Å². The molecule has 4 nitrogen and oxygen atoms in total. The average Bonchev–Trinajstić information content (AvgIpc) is 2.61. The summed E-state index contributed by atoms with van der Waals surface area (Å²) >= 11 is 1.96. The highest BCUT2D eigenvalue weighted by atomic mass is 127. The molecule has 1 aliphatic carbocycles. The number of halogens is 1. The SMILES string of the molecule is [O-][n+]1nc(I)nc2cc3c(cc21)CCC3. The van der Waals surface area contributed by atoms with Crippen molar-refractivity contribution < 1.29 is 4.85 Å². The van der Waals surface area contributed by atoms with Crippen molar-refractivity contribution in [3.05, 3.63) is 32.3 Å². The van der Waals surface area contributed by atoms with Crippen molar-refractivity contribution in [3.63, 3.8) is 0 Å². The summed E-state index contributed by atoms with van der Waals surface area (Å²) in [6.45, 7) is 0. The highest BCUT2D eigenvalue weighted by Gasteiger charge is 2.17. The molecule has 2 aromatic rings. The number of aromatic nitrogens is 3. The summed E-state index contributed by atoms with van der Waals surface area (Å²) in [5.41, 5.74) is 3.94. The summed E-state index contributed by atoms with van der Waals surface area (Å²) in [5, 5.41) is 15.3. The number of hydrogen-bond donors (Lipinski definition) is 0. The molecule has 1 heterocycles. The first-order valence-corrected chi connectivity index (χ1v) is 5.91. The van der Waals surface area contributed by atoms with Crippen LogP contribution in [0.2, 0.25) is 0 Å². The summed E-state index contributed by atoms with van der Waals surface area (Å²) in [6.07, 6.45) is 3.34. The van der Waals surface area contributed by atoms with Crippen molar-refractivity contribution in [1.29, 1.82) is 0 Å². The standard InChI is InChI=1S/C10H8IN3O/c11-10-12-8-4-6-2-1-3-7(6)5-9(8)14(15)13-10/h4-5H,1-3H2.